The molecule has 1 aliphatic rings. The van der Waals surface area contributed by atoms with Gasteiger partial charge in [-0.1, -0.05) is 24.3 Å². The second-order valence-corrected chi connectivity index (χ2v) is 7.31. The van der Waals surface area contributed by atoms with Crippen LogP contribution in [0.4, 0.5) is 5.69 Å². The number of hydrazine groups is 2. The number of benzene rings is 2. The van der Waals surface area contributed by atoms with Crippen molar-refractivity contribution < 1.29 is 4.79 Å². The number of nitrogens with zero attached hydrogens (tertiary/aromatic N) is 3. The Balaban J connectivity index is 1.68. The van der Waals surface area contributed by atoms with Gasteiger partial charge < -0.3 is 0 Å². The van der Waals surface area contributed by atoms with Gasteiger partial charge in [0.1, 0.15) is 0 Å². The molecule has 27 heavy (non-hydrogen) atoms. The number of aryl methyl sites for hydroxylation is 4. The number of hydrogen-bond donors (Lipinski definition) is 1. The molecular weight excluding hydrogens is 336 g/mol. The first kappa shape index (κ1) is 17.5. The van der Waals surface area contributed by atoms with E-state index in [1.807, 2.05) is 31.0 Å². The number of carbonyl (C=O) groups excluding carboxylic acids is 1. The number of amides is 1. The van der Waals surface area contributed by atoms with Gasteiger partial charge in [0.2, 0.25) is 0 Å². The van der Waals surface area contributed by atoms with Crippen LogP contribution in [0.2, 0.25) is 0 Å². The van der Waals surface area contributed by atoms with Gasteiger partial charge in [-0.05, 0) is 68.0 Å². The number of fused-ring (bicyclic) bond motifs is 2. The van der Waals surface area contributed by atoms with E-state index in [0.717, 1.165) is 47.1 Å². The highest BCUT2D eigenvalue weighted by atomic mass is 16.2. The van der Waals surface area contributed by atoms with Crippen LogP contribution >= 0.6 is 0 Å². The van der Waals surface area contributed by atoms with Gasteiger partial charge in [0.15, 0.2) is 0 Å². The molecule has 0 spiro atoms. The van der Waals surface area contributed by atoms with Gasteiger partial charge >= 0.3 is 0 Å². The first-order valence-electron chi connectivity index (χ1n) is 9.28. The van der Waals surface area contributed by atoms with Gasteiger partial charge in [-0.15, -0.1) is 0 Å². The van der Waals surface area contributed by atoms with Crippen LogP contribution in [0.1, 0.15) is 39.0 Å². The van der Waals surface area contributed by atoms with Gasteiger partial charge in [-0.2, -0.15) is 5.12 Å². The van der Waals surface area contributed by atoms with E-state index in [2.05, 4.69) is 36.2 Å². The molecule has 1 aliphatic heterocycles. The van der Waals surface area contributed by atoms with Crippen molar-refractivity contribution in [1.82, 2.24) is 10.1 Å². The SMILES string of the molecule is Cc1ccc2c(c1)N(N(N)C(=O)c1cnc3c(C)c(C)ccc3c1)CCC2. The van der Waals surface area contributed by atoms with Crippen LogP contribution in [0, 0.1) is 20.8 Å². The van der Waals surface area contributed by atoms with E-state index >= 15 is 0 Å². The van der Waals surface area contributed by atoms with Crippen molar-refractivity contribution in [1.29, 1.82) is 0 Å². The first-order valence-corrected chi connectivity index (χ1v) is 9.28. The third-order valence-electron chi connectivity index (χ3n) is 5.43. The molecule has 4 rings (SSSR count). The van der Waals surface area contributed by atoms with Crippen molar-refractivity contribution in [2.45, 2.75) is 33.6 Å². The van der Waals surface area contributed by atoms with Gasteiger partial charge in [0, 0.05) is 18.1 Å². The fraction of sp³-hybridized carbons (Fsp3) is 0.273. The Morgan fingerprint density at radius 3 is 2.78 bits per heavy atom. The molecular formula is C22H24N4O. The van der Waals surface area contributed by atoms with Crippen LogP contribution in [0.3, 0.4) is 0 Å². The smallest absolute Gasteiger partial charge is 0.268 e. The fourth-order valence-corrected chi connectivity index (χ4v) is 3.70. The van der Waals surface area contributed by atoms with Crippen molar-refractivity contribution in [2.24, 2.45) is 5.84 Å². The number of pyridine rings is 1. The number of carbonyl (C=O) groups is 1. The summed E-state index contributed by atoms with van der Waals surface area (Å²) in [6, 6.07) is 12.2. The van der Waals surface area contributed by atoms with Crippen molar-refractivity contribution >= 4 is 22.5 Å². The third-order valence-corrected chi connectivity index (χ3v) is 5.43. The molecule has 5 nitrogen and oxygen atoms in total. The zero-order valence-corrected chi connectivity index (χ0v) is 16.0. The Labute approximate surface area is 159 Å². The normalized spacial score (nSPS) is 13.6. The van der Waals surface area contributed by atoms with Crippen LogP contribution < -0.4 is 10.9 Å². The number of nitrogens with two attached hydrogens (primary N) is 1. The van der Waals surface area contributed by atoms with Crippen LogP contribution in [-0.2, 0) is 6.42 Å². The van der Waals surface area contributed by atoms with Crippen LogP contribution in [0.25, 0.3) is 10.9 Å². The summed E-state index contributed by atoms with van der Waals surface area (Å²) < 4.78 is 0. The Kier molecular flexibility index (Phi) is 4.32. The first-order chi connectivity index (χ1) is 13.0. The topological polar surface area (TPSA) is 62.5 Å². The summed E-state index contributed by atoms with van der Waals surface area (Å²) in [6.45, 7) is 6.88. The van der Waals surface area contributed by atoms with E-state index in [4.69, 9.17) is 5.84 Å². The van der Waals surface area contributed by atoms with Crippen molar-refractivity contribution in [2.75, 3.05) is 11.6 Å². The Morgan fingerprint density at radius 2 is 1.96 bits per heavy atom. The Bertz CT molecular complexity index is 1040. The van der Waals surface area contributed by atoms with E-state index in [0.29, 0.717) is 5.56 Å². The molecule has 0 unspecified atom stereocenters. The maximum absolute atomic E-state index is 13.1. The number of hydrogen-bond acceptors (Lipinski definition) is 4. The lowest BCUT2D eigenvalue weighted by Gasteiger charge is -2.37. The number of rotatable bonds is 2. The lowest BCUT2D eigenvalue weighted by molar-refractivity contribution is 0.0730. The molecule has 2 N–H and O–H groups in total. The molecule has 2 heterocycles. The standard InChI is InChI=1S/C22H24N4O/c1-14-6-8-17-5-4-10-25(20(17)11-14)26(23)22(27)19-12-18-9-7-15(2)16(3)21(18)24-13-19/h6-9,11-13H,4-5,10,23H2,1-3H3. The summed E-state index contributed by atoms with van der Waals surface area (Å²) in [4.78, 5) is 17.6. The third kappa shape index (κ3) is 3.04. The summed E-state index contributed by atoms with van der Waals surface area (Å²) in [7, 11) is 0. The number of aromatic nitrogens is 1. The molecule has 2 aromatic carbocycles. The Hall–Kier alpha value is -2.92. The largest absolute Gasteiger partial charge is 0.288 e. The zero-order valence-electron chi connectivity index (χ0n) is 16.0. The minimum atomic E-state index is -0.253. The van der Waals surface area contributed by atoms with Crippen LogP contribution in [-0.4, -0.2) is 22.6 Å². The molecule has 0 fully saturated rings. The molecule has 0 saturated heterocycles. The van der Waals surface area contributed by atoms with Crippen LogP contribution in [0.15, 0.2) is 42.6 Å². The van der Waals surface area contributed by atoms with Crippen molar-refractivity contribution in [3.05, 3.63) is 70.4 Å². The van der Waals surface area contributed by atoms with E-state index in [1.54, 1.807) is 6.20 Å². The van der Waals surface area contributed by atoms with Gasteiger partial charge in [-0.25, -0.2) is 5.84 Å². The minimum Gasteiger partial charge on any atom is -0.268 e. The van der Waals surface area contributed by atoms with Gasteiger partial charge in [0.25, 0.3) is 5.91 Å². The molecule has 1 aromatic heterocycles. The van der Waals surface area contributed by atoms with E-state index in [9.17, 15) is 4.79 Å². The molecule has 1 amide bonds. The summed E-state index contributed by atoms with van der Waals surface area (Å²) >= 11 is 0. The summed E-state index contributed by atoms with van der Waals surface area (Å²) in [5, 5.41) is 4.06. The second-order valence-electron chi connectivity index (χ2n) is 7.31. The highest BCUT2D eigenvalue weighted by Gasteiger charge is 2.25. The maximum atomic E-state index is 13.1. The van der Waals surface area contributed by atoms with Crippen LogP contribution in [0.5, 0.6) is 0 Å². The molecule has 0 radical (unpaired) electrons. The summed E-state index contributed by atoms with van der Waals surface area (Å²) in [6.07, 6.45) is 3.59. The fourth-order valence-electron chi connectivity index (χ4n) is 3.70. The van der Waals surface area contributed by atoms with Crippen molar-refractivity contribution in [3.8, 4) is 0 Å². The predicted molar refractivity (Wildman–Crippen MR) is 108 cm³/mol. The molecule has 0 atom stereocenters. The minimum absolute atomic E-state index is 0.253. The second kappa shape index (κ2) is 6.67. The summed E-state index contributed by atoms with van der Waals surface area (Å²) in [5.74, 6) is 6.02. The number of anilines is 1. The van der Waals surface area contributed by atoms with Gasteiger partial charge in [0.05, 0.1) is 16.8 Å². The predicted octanol–water partition coefficient (Wildman–Crippen LogP) is 3.84. The van der Waals surface area contributed by atoms with E-state index < -0.39 is 0 Å². The molecule has 138 valence electrons. The summed E-state index contributed by atoms with van der Waals surface area (Å²) in [5.41, 5.74) is 7.13. The molecule has 3 aromatic rings. The van der Waals surface area contributed by atoms with E-state index in [1.165, 1.54) is 16.2 Å². The maximum Gasteiger partial charge on any atom is 0.288 e. The lowest BCUT2D eigenvalue weighted by atomic mass is 10.0. The molecule has 0 bridgehead atoms. The van der Waals surface area contributed by atoms with Gasteiger partial charge in [-0.3, -0.25) is 14.8 Å². The lowest BCUT2D eigenvalue weighted by Crippen LogP contribution is -2.53. The Morgan fingerprint density at radius 1 is 1.15 bits per heavy atom. The van der Waals surface area contributed by atoms with Crippen molar-refractivity contribution in [3.63, 3.8) is 0 Å². The highest BCUT2D eigenvalue weighted by molar-refractivity contribution is 5.98. The van der Waals surface area contributed by atoms with E-state index in [-0.39, 0.29) is 5.91 Å². The average Bonchev–Trinajstić information content (AvgIpc) is 2.69. The quantitative estimate of drug-likeness (QED) is 0.428. The molecule has 0 saturated carbocycles. The zero-order chi connectivity index (χ0) is 19.1. The monoisotopic (exact) mass is 360 g/mol. The molecule has 5 heteroatoms. The highest BCUT2D eigenvalue weighted by Crippen LogP contribution is 2.29. The average molecular weight is 360 g/mol. The molecule has 0 aliphatic carbocycles.